The van der Waals surface area contributed by atoms with Gasteiger partial charge in [-0.25, -0.2) is 22.5 Å². The Kier molecular flexibility index (Phi) is 5.92. The minimum atomic E-state index is -3.93. The average Bonchev–Trinajstić information content (AvgIpc) is 3.50. The van der Waals surface area contributed by atoms with Crippen LogP contribution in [0.5, 0.6) is 0 Å². The van der Waals surface area contributed by atoms with Crippen molar-refractivity contribution in [2.45, 2.75) is 43.4 Å². The lowest BCUT2D eigenvalue weighted by atomic mass is 10.0. The van der Waals surface area contributed by atoms with Gasteiger partial charge in [0.1, 0.15) is 16.4 Å². The predicted octanol–water partition coefficient (Wildman–Crippen LogP) is 3.58. The van der Waals surface area contributed by atoms with Crippen LogP contribution in [0.2, 0.25) is 0 Å². The number of hydrogen-bond acceptors (Lipinski definition) is 7. The van der Waals surface area contributed by atoms with Gasteiger partial charge in [-0.3, -0.25) is 4.90 Å². The molecule has 0 unspecified atom stereocenters. The van der Waals surface area contributed by atoms with Crippen LogP contribution in [0, 0.1) is 5.82 Å². The molecule has 0 radical (unpaired) electrons. The highest BCUT2D eigenvalue weighted by Crippen LogP contribution is 2.44. The molecule has 0 amide bonds. The van der Waals surface area contributed by atoms with E-state index in [1.807, 2.05) is 23.6 Å². The maximum absolute atomic E-state index is 15.0. The SMILES string of the molecule is C[C@@H]1Cn2c(cnc2-c2nn(-c3ccc(CN4CCOCC4)cc3)c3c2CS(=O)(=O)c2c(F)cccc2-3)CO1. The van der Waals surface area contributed by atoms with E-state index in [1.165, 1.54) is 12.1 Å². The van der Waals surface area contributed by atoms with Crippen molar-refractivity contribution in [2.75, 3.05) is 26.3 Å². The molecule has 1 atom stereocenters. The Hall–Kier alpha value is -3.38. The summed E-state index contributed by atoms with van der Waals surface area (Å²) in [6.07, 6.45) is 1.73. The van der Waals surface area contributed by atoms with Crippen LogP contribution in [-0.2, 0) is 44.8 Å². The molecule has 0 aliphatic carbocycles. The maximum atomic E-state index is 15.0. The number of ether oxygens (including phenoxy) is 2. The summed E-state index contributed by atoms with van der Waals surface area (Å²) >= 11 is 0. The van der Waals surface area contributed by atoms with E-state index < -0.39 is 15.7 Å². The number of imidazole rings is 1. The first-order chi connectivity index (χ1) is 18.9. The lowest BCUT2D eigenvalue weighted by molar-refractivity contribution is 0.0172. The summed E-state index contributed by atoms with van der Waals surface area (Å²) < 4.78 is 56.7. The van der Waals surface area contributed by atoms with Crippen molar-refractivity contribution in [2.24, 2.45) is 0 Å². The van der Waals surface area contributed by atoms with Crippen LogP contribution >= 0.6 is 0 Å². The molecule has 3 aliphatic heterocycles. The molecular formula is C28H28FN5O4S. The molecule has 4 aromatic rings. The highest BCUT2D eigenvalue weighted by molar-refractivity contribution is 7.91. The number of rotatable bonds is 4. The third-order valence-corrected chi connectivity index (χ3v) is 9.35. The van der Waals surface area contributed by atoms with Gasteiger partial charge in [0.05, 0.1) is 61.5 Å². The highest BCUT2D eigenvalue weighted by Gasteiger charge is 2.38. The molecular weight excluding hydrogens is 521 g/mol. The van der Waals surface area contributed by atoms with E-state index in [0.717, 1.165) is 49.8 Å². The fourth-order valence-corrected chi connectivity index (χ4v) is 7.38. The number of morpholine rings is 1. The standard InChI is InChI=1S/C28H28FN5O4S/c1-18-14-33-21(16-38-18)13-30-28(33)25-23-17-39(35,36)27-22(3-2-4-24(27)29)26(23)34(31-25)20-7-5-19(6-8-20)15-32-9-11-37-12-10-32/h2-8,13,18H,9-12,14-17H2,1H3/t18-/m1/s1. The van der Waals surface area contributed by atoms with Gasteiger partial charge in [0.25, 0.3) is 0 Å². The number of nitrogens with zero attached hydrogens (tertiary/aromatic N) is 5. The minimum Gasteiger partial charge on any atom is -0.379 e. The second-order valence-electron chi connectivity index (χ2n) is 10.3. The molecule has 0 N–H and O–H groups in total. The monoisotopic (exact) mass is 549 g/mol. The van der Waals surface area contributed by atoms with Gasteiger partial charge < -0.3 is 14.0 Å². The smallest absolute Gasteiger partial charge is 0.186 e. The van der Waals surface area contributed by atoms with Crippen LogP contribution in [-0.4, -0.2) is 65.1 Å². The van der Waals surface area contributed by atoms with Crippen LogP contribution in [0.25, 0.3) is 28.5 Å². The van der Waals surface area contributed by atoms with Crippen LogP contribution in [0.3, 0.4) is 0 Å². The van der Waals surface area contributed by atoms with Gasteiger partial charge in [0.15, 0.2) is 15.7 Å². The highest BCUT2D eigenvalue weighted by atomic mass is 32.2. The molecule has 0 spiro atoms. The molecule has 9 nitrogen and oxygen atoms in total. The van der Waals surface area contributed by atoms with Crippen molar-refractivity contribution < 1.29 is 22.3 Å². The molecule has 3 aliphatic rings. The van der Waals surface area contributed by atoms with E-state index in [-0.39, 0.29) is 16.8 Å². The molecule has 1 saturated heterocycles. The van der Waals surface area contributed by atoms with E-state index in [9.17, 15) is 12.8 Å². The number of aromatic nitrogens is 4. The van der Waals surface area contributed by atoms with Gasteiger partial charge in [-0.2, -0.15) is 5.10 Å². The van der Waals surface area contributed by atoms with Gasteiger partial charge >= 0.3 is 0 Å². The van der Waals surface area contributed by atoms with E-state index in [1.54, 1.807) is 16.9 Å². The largest absolute Gasteiger partial charge is 0.379 e. The third-order valence-electron chi connectivity index (χ3n) is 7.65. The molecule has 5 heterocycles. The third kappa shape index (κ3) is 4.20. The zero-order valence-corrected chi connectivity index (χ0v) is 22.3. The number of sulfone groups is 1. The topological polar surface area (TPSA) is 91.5 Å². The van der Waals surface area contributed by atoms with Gasteiger partial charge in [-0.05, 0) is 30.7 Å². The van der Waals surface area contributed by atoms with Gasteiger partial charge in [-0.1, -0.05) is 24.3 Å². The first kappa shape index (κ1) is 24.6. The van der Waals surface area contributed by atoms with Crippen molar-refractivity contribution in [1.29, 1.82) is 0 Å². The number of fused-ring (bicyclic) bond motifs is 4. The van der Waals surface area contributed by atoms with Crippen molar-refractivity contribution in [3.8, 4) is 28.5 Å². The Bertz CT molecular complexity index is 1670. The van der Waals surface area contributed by atoms with Crippen LogP contribution in [0.15, 0.2) is 53.6 Å². The van der Waals surface area contributed by atoms with Gasteiger partial charge in [0, 0.05) is 30.8 Å². The van der Waals surface area contributed by atoms with E-state index >= 15 is 0 Å². The summed E-state index contributed by atoms with van der Waals surface area (Å²) in [6, 6.07) is 12.5. The van der Waals surface area contributed by atoms with Crippen molar-refractivity contribution in [1.82, 2.24) is 24.2 Å². The molecule has 202 valence electrons. The summed E-state index contributed by atoms with van der Waals surface area (Å²) in [7, 11) is -3.93. The maximum Gasteiger partial charge on any atom is 0.186 e. The second kappa shape index (κ2) is 9.37. The molecule has 0 bridgehead atoms. The lowest BCUT2D eigenvalue weighted by Crippen LogP contribution is -2.35. The van der Waals surface area contributed by atoms with Gasteiger partial charge in [0.2, 0.25) is 0 Å². The van der Waals surface area contributed by atoms with Crippen LogP contribution in [0.1, 0.15) is 23.7 Å². The lowest BCUT2D eigenvalue weighted by Gasteiger charge is -2.26. The van der Waals surface area contributed by atoms with Crippen molar-refractivity contribution in [3.05, 3.63) is 71.3 Å². The number of halogens is 1. The fourth-order valence-electron chi connectivity index (χ4n) is 5.72. The fraction of sp³-hybridized carbons (Fsp3) is 0.357. The van der Waals surface area contributed by atoms with E-state index in [0.29, 0.717) is 41.5 Å². The zero-order chi connectivity index (χ0) is 26.7. The quantitative estimate of drug-likeness (QED) is 0.384. The Morgan fingerprint density at radius 1 is 1.10 bits per heavy atom. The molecule has 0 saturated carbocycles. The summed E-state index contributed by atoms with van der Waals surface area (Å²) in [5.41, 5.74) is 4.73. The normalized spacial score (nSPS) is 20.3. The number of hydrogen-bond donors (Lipinski definition) is 0. The summed E-state index contributed by atoms with van der Waals surface area (Å²) in [5, 5.41) is 4.96. The molecule has 2 aromatic carbocycles. The summed E-state index contributed by atoms with van der Waals surface area (Å²) in [5.74, 6) is -0.513. The summed E-state index contributed by atoms with van der Waals surface area (Å²) in [6.45, 7) is 7.08. The Balaban J connectivity index is 1.38. The predicted molar refractivity (Wildman–Crippen MR) is 141 cm³/mol. The molecule has 1 fully saturated rings. The second-order valence-corrected chi connectivity index (χ2v) is 12.2. The molecule has 11 heteroatoms. The van der Waals surface area contributed by atoms with Gasteiger partial charge in [-0.15, -0.1) is 0 Å². The van der Waals surface area contributed by atoms with Crippen LogP contribution in [0.4, 0.5) is 4.39 Å². The van der Waals surface area contributed by atoms with E-state index in [2.05, 4.69) is 22.0 Å². The Labute approximate surface area is 225 Å². The Morgan fingerprint density at radius 3 is 2.69 bits per heavy atom. The first-order valence-corrected chi connectivity index (χ1v) is 14.7. The summed E-state index contributed by atoms with van der Waals surface area (Å²) in [4.78, 5) is 6.71. The molecule has 7 rings (SSSR count). The molecule has 39 heavy (non-hydrogen) atoms. The number of benzene rings is 2. The van der Waals surface area contributed by atoms with Crippen LogP contribution < -0.4 is 0 Å². The van der Waals surface area contributed by atoms with Crippen molar-refractivity contribution >= 4 is 9.84 Å². The van der Waals surface area contributed by atoms with Crippen molar-refractivity contribution in [3.63, 3.8) is 0 Å². The molecule has 2 aromatic heterocycles. The average molecular weight is 550 g/mol. The van der Waals surface area contributed by atoms with E-state index in [4.69, 9.17) is 14.6 Å². The minimum absolute atomic E-state index is 0.0130. The zero-order valence-electron chi connectivity index (χ0n) is 21.5. The Morgan fingerprint density at radius 2 is 1.90 bits per heavy atom. The first-order valence-electron chi connectivity index (χ1n) is 13.1.